The normalized spacial score (nSPS) is 12.7. The van der Waals surface area contributed by atoms with Gasteiger partial charge in [0, 0.05) is 28.5 Å². The Hall–Kier alpha value is -1.13. The molecule has 0 aliphatic heterocycles. The monoisotopic (exact) mass is 322 g/mol. The Bertz CT molecular complexity index is 578. The third kappa shape index (κ3) is 3.07. The van der Waals surface area contributed by atoms with E-state index in [1.54, 1.807) is 6.20 Å². The molecule has 0 aliphatic carbocycles. The molecule has 0 saturated carbocycles. The highest BCUT2D eigenvalue weighted by Crippen LogP contribution is 2.29. The summed E-state index contributed by atoms with van der Waals surface area (Å²) in [4.78, 5) is 4.22. The molecule has 1 atom stereocenters. The van der Waals surface area contributed by atoms with Crippen molar-refractivity contribution in [2.45, 2.75) is 33.2 Å². The summed E-state index contributed by atoms with van der Waals surface area (Å²) in [5.74, 6) is 2.00. The van der Waals surface area contributed by atoms with Gasteiger partial charge in [-0.25, -0.2) is 0 Å². The quantitative estimate of drug-likeness (QED) is 0.928. The highest BCUT2D eigenvalue weighted by molar-refractivity contribution is 9.10. The molecule has 0 bridgehead atoms. The standard InChI is InChI=1S/C15H19BrN2O/c1-9-10(2)19-11(3)15(9)14(17-4)6-12-5-13(16)8-18-7-12/h5,7-8,14,17H,6H2,1-4H3. The lowest BCUT2D eigenvalue weighted by Gasteiger charge is -2.17. The summed E-state index contributed by atoms with van der Waals surface area (Å²) in [5, 5.41) is 3.38. The van der Waals surface area contributed by atoms with E-state index in [1.165, 1.54) is 16.7 Å². The lowest BCUT2D eigenvalue weighted by molar-refractivity contribution is 0.489. The van der Waals surface area contributed by atoms with E-state index in [-0.39, 0.29) is 6.04 Å². The average Bonchev–Trinajstić information content (AvgIpc) is 2.61. The molecule has 2 heterocycles. The lowest BCUT2D eigenvalue weighted by Crippen LogP contribution is -2.20. The maximum Gasteiger partial charge on any atom is 0.106 e. The number of furan rings is 1. The molecular weight excluding hydrogens is 304 g/mol. The Morgan fingerprint density at radius 3 is 2.53 bits per heavy atom. The summed E-state index contributed by atoms with van der Waals surface area (Å²) >= 11 is 3.46. The largest absolute Gasteiger partial charge is 0.466 e. The van der Waals surface area contributed by atoms with Crippen LogP contribution in [0.5, 0.6) is 0 Å². The van der Waals surface area contributed by atoms with E-state index in [0.29, 0.717) is 0 Å². The SMILES string of the molecule is CNC(Cc1cncc(Br)c1)c1c(C)oc(C)c1C. The number of likely N-dealkylation sites (N-methyl/N-ethyl adjacent to an activating group) is 1. The molecule has 0 aromatic carbocycles. The first-order valence-corrected chi connectivity index (χ1v) is 7.15. The number of hydrogen-bond acceptors (Lipinski definition) is 3. The van der Waals surface area contributed by atoms with Crippen LogP contribution in [0, 0.1) is 20.8 Å². The second-order valence-electron chi connectivity index (χ2n) is 4.81. The number of nitrogens with zero attached hydrogens (tertiary/aromatic N) is 1. The molecule has 0 saturated heterocycles. The molecule has 2 aromatic heterocycles. The van der Waals surface area contributed by atoms with Crippen molar-refractivity contribution >= 4 is 15.9 Å². The molecule has 2 aromatic rings. The van der Waals surface area contributed by atoms with Crippen LogP contribution in [0.2, 0.25) is 0 Å². The summed E-state index contributed by atoms with van der Waals surface area (Å²) in [5.41, 5.74) is 3.70. The van der Waals surface area contributed by atoms with Crippen molar-refractivity contribution in [3.05, 3.63) is 51.1 Å². The number of rotatable bonds is 4. The fourth-order valence-corrected chi connectivity index (χ4v) is 2.89. The third-order valence-electron chi connectivity index (χ3n) is 3.52. The van der Waals surface area contributed by atoms with Gasteiger partial charge < -0.3 is 9.73 Å². The summed E-state index contributed by atoms with van der Waals surface area (Å²) in [7, 11) is 1.98. The van der Waals surface area contributed by atoms with Gasteiger partial charge in [0.15, 0.2) is 0 Å². The summed E-state index contributed by atoms with van der Waals surface area (Å²) < 4.78 is 6.74. The van der Waals surface area contributed by atoms with Gasteiger partial charge in [0.05, 0.1) is 0 Å². The van der Waals surface area contributed by atoms with E-state index in [0.717, 1.165) is 22.4 Å². The van der Waals surface area contributed by atoms with Crippen LogP contribution in [-0.2, 0) is 6.42 Å². The van der Waals surface area contributed by atoms with Gasteiger partial charge in [-0.15, -0.1) is 0 Å². The molecule has 1 N–H and O–H groups in total. The predicted octanol–water partition coefficient (Wildman–Crippen LogP) is 3.87. The molecule has 19 heavy (non-hydrogen) atoms. The molecule has 3 nitrogen and oxygen atoms in total. The minimum absolute atomic E-state index is 0.244. The number of halogens is 1. The van der Waals surface area contributed by atoms with E-state index in [2.05, 4.69) is 39.2 Å². The van der Waals surface area contributed by atoms with Crippen LogP contribution in [-0.4, -0.2) is 12.0 Å². The van der Waals surface area contributed by atoms with Crippen molar-refractivity contribution in [1.29, 1.82) is 0 Å². The maximum atomic E-state index is 5.72. The smallest absolute Gasteiger partial charge is 0.106 e. The first kappa shape index (κ1) is 14.3. The van der Waals surface area contributed by atoms with Gasteiger partial charge in [-0.2, -0.15) is 0 Å². The Morgan fingerprint density at radius 1 is 1.26 bits per heavy atom. The minimum Gasteiger partial charge on any atom is -0.466 e. The molecule has 2 rings (SSSR count). The van der Waals surface area contributed by atoms with Crippen molar-refractivity contribution in [2.24, 2.45) is 0 Å². The van der Waals surface area contributed by atoms with E-state index >= 15 is 0 Å². The van der Waals surface area contributed by atoms with Crippen LogP contribution in [0.3, 0.4) is 0 Å². The zero-order valence-electron chi connectivity index (χ0n) is 11.7. The summed E-state index contributed by atoms with van der Waals surface area (Å²) in [6, 6.07) is 2.35. The highest BCUT2D eigenvalue weighted by Gasteiger charge is 2.20. The predicted molar refractivity (Wildman–Crippen MR) is 80.4 cm³/mol. The van der Waals surface area contributed by atoms with Gasteiger partial charge in [-0.1, -0.05) is 0 Å². The molecular formula is C15H19BrN2O. The van der Waals surface area contributed by atoms with Gasteiger partial charge in [0.25, 0.3) is 0 Å². The zero-order valence-corrected chi connectivity index (χ0v) is 13.3. The van der Waals surface area contributed by atoms with Crippen LogP contribution >= 0.6 is 15.9 Å². The van der Waals surface area contributed by atoms with Gasteiger partial charge in [-0.05, 0) is 67.4 Å². The average molecular weight is 323 g/mol. The molecule has 1 unspecified atom stereocenters. The third-order valence-corrected chi connectivity index (χ3v) is 3.95. The molecule has 0 radical (unpaired) electrons. The van der Waals surface area contributed by atoms with E-state index in [1.807, 2.05) is 27.1 Å². The van der Waals surface area contributed by atoms with Crippen molar-refractivity contribution in [3.63, 3.8) is 0 Å². The molecule has 102 valence electrons. The molecule has 0 aliphatic rings. The highest BCUT2D eigenvalue weighted by atomic mass is 79.9. The maximum absolute atomic E-state index is 5.72. The number of aryl methyl sites for hydroxylation is 2. The Morgan fingerprint density at radius 2 is 2.00 bits per heavy atom. The van der Waals surface area contributed by atoms with E-state index in [4.69, 9.17) is 4.42 Å². The first-order valence-electron chi connectivity index (χ1n) is 6.36. The number of hydrogen-bond donors (Lipinski definition) is 1. The molecule has 0 fully saturated rings. The van der Waals surface area contributed by atoms with Crippen LogP contribution < -0.4 is 5.32 Å². The van der Waals surface area contributed by atoms with Crippen molar-refractivity contribution < 1.29 is 4.42 Å². The molecule has 0 spiro atoms. The lowest BCUT2D eigenvalue weighted by atomic mass is 9.96. The zero-order chi connectivity index (χ0) is 14.0. The molecule has 4 heteroatoms. The minimum atomic E-state index is 0.244. The number of aromatic nitrogens is 1. The van der Waals surface area contributed by atoms with Crippen molar-refractivity contribution in [1.82, 2.24) is 10.3 Å². The number of nitrogens with one attached hydrogen (secondary N) is 1. The van der Waals surface area contributed by atoms with E-state index < -0.39 is 0 Å². The van der Waals surface area contributed by atoms with Gasteiger partial charge >= 0.3 is 0 Å². The van der Waals surface area contributed by atoms with Crippen molar-refractivity contribution in [2.75, 3.05) is 7.05 Å². The fourth-order valence-electron chi connectivity index (χ4n) is 2.47. The number of pyridine rings is 1. The Kier molecular flexibility index (Phi) is 4.42. The second kappa shape index (κ2) is 5.88. The fraction of sp³-hybridized carbons (Fsp3) is 0.400. The first-order chi connectivity index (χ1) is 9.02. The second-order valence-corrected chi connectivity index (χ2v) is 5.73. The Balaban J connectivity index is 2.30. The van der Waals surface area contributed by atoms with Crippen LogP contribution in [0.15, 0.2) is 27.3 Å². The van der Waals surface area contributed by atoms with Gasteiger partial charge in [0.2, 0.25) is 0 Å². The van der Waals surface area contributed by atoms with Gasteiger partial charge in [-0.3, -0.25) is 4.98 Å². The summed E-state index contributed by atoms with van der Waals surface area (Å²) in [6.07, 6.45) is 4.60. The topological polar surface area (TPSA) is 38.1 Å². The van der Waals surface area contributed by atoms with Crippen molar-refractivity contribution in [3.8, 4) is 0 Å². The van der Waals surface area contributed by atoms with Gasteiger partial charge in [0.1, 0.15) is 11.5 Å². The Labute approximate surface area is 122 Å². The van der Waals surface area contributed by atoms with Crippen LogP contribution in [0.4, 0.5) is 0 Å². The molecule has 0 amide bonds. The summed E-state index contributed by atoms with van der Waals surface area (Å²) in [6.45, 7) is 6.16. The van der Waals surface area contributed by atoms with E-state index in [9.17, 15) is 0 Å². The van der Waals surface area contributed by atoms with Crippen LogP contribution in [0.1, 0.15) is 34.3 Å². The van der Waals surface area contributed by atoms with Crippen LogP contribution in [0.25, 0.3) is 0 Å².